The third-order valence-corrected chi connectivity index (χ3v) is 2.82. The number of hydrogen-bond donors (Lipinski definition) is 2. The van der Waals surface area contributed by atoms with Crippen LogP contribution in [0.5, 0.6) is 0 Å². The third-order valence-electron chi connectivity index (χ3n) is 2.82. The SMILES string of the molecule is CCn1cc(CNc2ccc(NC(=O)OC)cc2)cn1. The van der Waals surface area contributed by atoms with Gasteiger partial charge in [-0.1, -0.05) is 0 Å². The fourth-order valence-corrected chi connectivity index (χ4v) is 1.72. The van der Waals surface area contributed by atoms with Crippen molar-refractivity contribution in [2.75, 3.05) is 17.7 Å². The Labute approximate surface area is 117 Å². The van der Waals surface area contributed by atoms with Gasteiger partial charge in [-0.25, -0.2) is 4.79 Å². The monoisotopic (exact) mass is 274 g/mol. The van der Waals surface area contributed by atoms with E-state index in [0.29, 0.717) is 12.2 Å². The molecule has 2 N–H and O–H groups in total. The predicted octanol–water partition coefficient (Wildman–Crippen LogP) is 2.69. The van der Waals surface area contributed by atoms with Crippen molar-refractivity contribution >= 4 is 17.5 Å². The van der Waals surface area contributed by atoms with Crippen molar-refractivity contribution in [1.29, 1.82) is 0 Å². The second kappa shape index (κ2) is 6.60. The summed E-state index contributed by atoms with van der Waals surface area (Å²) in [6, 6.07) is 7.43. The Hall–Kier alpha value is -2.50. The summed E-state index contributed by atoms with van der Waals surface area (Å²) in [5.74, 6) is 0. The fourth-order valence-electron chi connectivity index (χ4n) is 1.72. The molecule has 0 spiro atoms. The highest BCUT2D eigenvalue weighted by molar-refractivity contribution is 5.84. The van der Waals surface area contributed by atoms with Crippen LogP contribution in [0.25, 0.3) is 0 Å². The minimum Gasteiger partial charge on any atom is -0.453 e. The Kier molecular flexibility index (Phi) is 4.60. The van der Waals surface area contributed by atoms with E-state index in [-0.39, 0.29) is 0 Å². The molecular weight excluding hydrogens is 256 g/mol. The molecule has 0 aliphatic heterocycles. The maximum Gasteiger partial charge on any atom is 0.411 e. The average Bonchev–Trinajstić information content (AvgIpc) is 2.94. The lowest BCUT2D eigenvalue weighted by atomic mass is 10.2. The lowest BCUT2D eigenvalue weighted by Gasteiger charge is -2.07. The van der Waals surface area contributed by atoms with Crippen molar-refractivity contribution in [2.45, 2.75) is 20.0 Å². The quantitative estimate of drug-likeness (QED) is 0.879. The highest BCUT2D eigenvalue weighted by atomic mass is 16.5. The number of carbonyl (C=O) groups excluding carboxylic acids is 1. The summed E-state index contributed by atoms with van der Waals surface area (Å²) >= 11 is 0. The first-order chi connectivity index (χ1) is 9.71. The summed E-state index contributed by atoms with van der Waals surface area (Å²) in [6.45, 7) is 3.63. The van der Waals surface area contributed by atoms with Crippen LogP contribution in [0.1, 0.15) is 12.5 Å². The standard InChI is InChI=1S/C14H18N4O2/c1-3-18-10-11(9-16-18)8-15-12-4-6-13(7-5-12)17-14(19)20-2/h4-7,9-10,15H,3,8H2,1-2H3,(H,17,19). The van der Waals surface area contributed by atoms with E-state index in [4.69, 9.17) is 0 Å². The maximum atomic E-state index is 11.0. The largest absolute Gasteiger partial charge is 0.453 e. The van der Waals surface area contributed by atoms with Crippen LogP contribution in [0.15, 0.2) is 36.7 Å². The number of aryl methyl sites for hydroxylation is 1. The highest BCUT2D eigenvalue weighted by Gasteiger charge is 2.01. The Balaban J connectivity index is 1.88. The Morgan fingerprint density at radius 2 is 2.00 bits per heavy atom. The van der Waals surface area contributed by atoms with E-state index >= 15 is 0 Å². The van der Waals surface area contributed by atoms with Gasteiger partial charge in [0.25, 0.3) is 0 Å². The van der Waals surface area contributed by atoms with E-state index in [1.807, 2.05) is 41.3 Å². The first-order valence-electron chi connectivity index (χ1n) is 6.41. The molecule has 0 aliphatic rings. The molecule has 0 fully saturated rings. The number of rotatable bonds is 5. The minimum atomic E-state index is -0.474. The predicted molar refractivity (Wildman–Crippen MR) is 77.7 cm³/mol. The normalized spacial score (nSPS) is 10.1. The van der Waals surface area contributed by atoms with Crippen molar-refractivity contribution in [1.82, 2.24) is 9.78 Å². The summed E-state index contributed by atoms with van der Waals surface area (Å²) in [6.07, 6.45) is 3.39. The molecular formula is C14H18N4O2. The van der Waals surface area contributed by atoms with E-state index in [1.165, 1.54) is 7.11 Å². The van der Waals surface area contributed by atoms with Crippen molar-refractivity contribution in [3.8, 4) is 0 Å². The van der Waals surface area contributed by atoms with Gasteiger partial charge in [-0.15, -0.1) is 0 Å². The second-order valence-corrected chi connectivity index (χ2v) is 4.25. The summed E-state index contributed by atoms with van der Waals surface area (Å²) in [5.41, 5.74) is 2.80. The molecule has 6 nitrogen and oxygen atoms in total. The van der Waals surface area contributed by atoms with E-state index < -0.39 is 6.09 Å². The molecule has 106 valence electrons. The second-order valence-electron chi connectivity index (χ2n) is 4.25. The number of aromatic nitrogens is 2. The summed E-state index contributed by atoms with van der Waals surface area (Å²) in [7, 11) is 1.34. The van der Waals surface area contributed by atoms with Gasteiger partial charge in [0.15, 0.2) is 0 Å². The van der Waals surface area contributed by atoms with Gasteiger partial charge in [-0.3, -0.25) is 10.00 Å². The molecule has 0 unspecified atom stereocenters. The number of carbonyl (C=O) groups is 1. The molecule has 0 saturated heterocycles. The van der Waals surface area contributed by atoms with Gasteiger partial charge in [0, 0.05) is 36.2 Å². The molecule has 2 rings (SSSR count). The first kappa shape index (κ1) is 13.9. The molecule has 0 bridgehead atoms. The third kappa shape index (κ3) is 3.74. The molecule has 0 aliphatic carbocycles. The maximum absolute atomic E-state index is 11.0. The van der Waals surface area contributed by atoms with Gasteiger partial charge in [0.2, 0.25) is 0 Å². The average molecular weight is 274 g/mol. The van der Waals surface area contributed by atoms with Crippen LogP contribution >= 0.6 is 0 Å². The van der Waals surface area contributed by atoms with Gasteiger partial charge in [-0.05, 0) is 31.2 Å². The number of hydrogen-bond acceptors (Lipinski definition) is 4. The number of amides is 1. The van der Waals surface area contributed by atoms with E-state index in [0.717, 1.165) is 17.8 Å². The van der Waals surface area contributed by atoms with Crippen LogP contribution in [-0.2, 0) is 17.8 Å². The van der Waals surface area contributed by atoms with E-state index in [9.17, 15) is 4.79 Å². The van der Waals surface area contributed by atoms with Gasteiger partial charge in [0.1, 0.15) is 0 Å². The zero-order valence-electron chi connectivity index (χ0n) is 11.6. The van der Waals surface area contributed by atoms with Crippen molar-refractivity contribution < 1.29 is 9.53 Å². The molecule has 0 radical (unpaired) electrons. The van der Waals surface area contributed by atoms with Crippen LogP contribution in [0.2, 0.25) is 0 Å². The highest BCUT2D eigenvalue weighted by Crippen LogP contribution is 2.14. The topological polar surface area (TPSA) is 68.2 Å². The molecule has 20 heavy (non-hydrogen) atoms. The molecule has 6 heteroatoms. The van der Waals surface area contributed by atoms with E-state index in [1.54, 1.807) is 0 Å². The summed E-state index contributed by atoms with van der Waals surface area (Å²) < 4.78 is 6.42. The Bertz CT molecular complexity index is 563. The van der Waals surface area contributed by atoms with Crippen molar-refractivity contribution in [2.24, 2.45) is 0 Å². The van der Waals surface area contributed by atoms with Gasteiger partial charge < -0.3 is 10.1 Å². The number of nitrogens with zero attached hydrogens (tertiary/aromatic N) is 2. The van der Waals surface area contributed by atoms with Crippen LogP contribution in [-0.4, -0.2) is 23.0 Å². The zero-order chi connectivity index (χ0) is 14.4. The summed E-state index contributed by atoms with van der Waals surface area (Å²) in [5, 5.41) is 10.1. The number of ether oxygens (including phenoxy) is 1. The number of nitrogens with one attached hydrogen (secondary N) is 2. The molecule has 0 atom stereocenters. The lowest BCUT2D eigenvalue weighted by Crippen LogP contribution is -2.10. The minimum absolute atomic E-state index is 0.474. The van der Waals surface area contributed by atoms with Crippen LogP contribution < -0.4 is 10.6 Å². The molecule has 1 aromatic carbocycles. The molecule has 2 aromatic rings. The molecule has 1 amide bonds. The lowest BCUT2D eigenvalue weighted by molar-refractivity contribution is 0.187. The Morgan fingerprint density at radius 1 is 1.30 bits per heavy atom. The van der Waals surface area contributed by atoms with Gasteiger partial charge in [-0.2, -0.15) is 5.10 Å². The fraction of sp³-hybridized carbons (Fsp3) is 0.286. The van der Waals surface area contributed by atoms with Crippen LogP contribution in [0.4, 0.5) is 16.2 Å². The van der Waals surface area contributed by atoms with Crippen molar-refractivity contribution in [3.05, 3.63) is 42.2 Å². The molecule has 0 saturated carbocycles. The zero-order valence-corrected chi connectivity index (χ0v) is 11.6. The van der Waals surface area contributed by atoms with Crippen LogP contribution in [0.3, 0.4) is 0 Å². The smallest absolute Gasteiger partial charge is 0.411 e. The number of methoxy groups -OCH3 is 1. The Morgan fingerprint density at radius 3 is 2.60 bits per heavy atom. The van der Waals surface area contributed by atoms with Crippen molar-refractivity contribution in [3.63, 3.8) is 0 Å². The molecule has 1 aromatic heterocycles. The van der Waals surface area contributed by atoms with Gasteiger partial charge >= 0.3 is 6.09 Å². The molecule has 1 heterocycles. The number of benzene rings is 1. The van der Waals surface area contributed by atoms with E-state index in [2.05, 4.69) is 27.4 Å². The van der Waals surface area contributed by atoms with Gasteiger partial charge in [0.05, 0.1) is 13.3 Å². The number of anilines is 2. The van der Waals surface area contributed by atoms with Crippen LogP contribution in [0, 0.1) is 0 Å². The summed E-state index contributed by atoms with van der Waals surface area (Å²) in [4.78, 5) is 11.0. The first-order valence-corrected chi connectivity index (χ1v) is 6.41.